The zero-order valence-electron chi connectivity index (χ0n) is 8.79. The fraction of sp³-hybridized carbons (Fsp3) is 0.545. The molecular formula is C11H17NO. The highest BCUT2D eigenvalue weighted by Gasteiger charge is 2.19. The van der Waals surface area contributed by atoms with Gasteiger partial charge in [-0.2, -0.15) is 0 Å². The van der Waals surface area contributed by atoms with Gasteiger partial charge in [0.25, 0.3) is 0 Å². The first-order valence-corrected chi connectivity index (χ1v) is 4.60. The van der Waals surface area contributed by atoms with Crippen LogP contribution in [0.3, 0.4) is 0 Å². The first-order valence-electron chi connectivity index (χ1n) is 4.60. The highest BCUT2D eigenvalue weighted by Crippen LogP contribution is 2.26. The van der Waals surface area contributed by atoms with Crippen molar-refractivity contribution in [3.05, 3.63) is 24.0 Å². The van der Waals surface area contributed by atoms with Crippen molar-refractivity contribution in [1.82, 2.24) is 4.98 Å². The standard InChI is InChI=1S/C11H17NO/c1-5-11(2,3)10-8-9(13-4)6-7-12-10/h6-8H,5H2,1-4H3. The predicted molar refractivity (Wildman–Crippen MR) is 54.1 cm³/mol. The van der Waals surface area contributed by atoms with E-state index in [9.17, 15) is 0 Å². The predicted octanol–water partition coefficient (Wildman–Crippen LogP) is 2.78. The van der Waals surface area contributed by atoms with Crippen LogP contribution in [0.15, 0.2) is 18.3 Å². The lowest BCUT2D eigenvalue weighted by molar-refractivity contribution is 0.409. The van der Waals surface area contributed by atoms with E-state index in [0.29, 0.717) is 0 Å². The molecule has 13 heavy (non-hydrogen) atoms. The van der Waals surface area contributed by atoms with Crippen LogP contribution < -0.4 is 4.74 Å². The molecule has 0 aliphatic heterocycles. The molecule has 0 N–H and O–H groups in total. The summed E-state index contributed by atoms with van der Waals surface area (Å²) in [7, 11) is 1.68. The summed E-state index contributed by atoms with van der Waals surface area (Å²) < 4.78 is 5.15. The monoisotopic (exact) mass is 179 g/mol. The first kappa shape index (κ1) is 10.0. The Morgan fingerprint density at radius 3 is 2.69 bits per heavy atom. The minimum absolute atomic E-state index is 0.133. The third kappa shape index (κ3) is 2.20. The lowest BCUT2D eigenvalue weighted by Gasteiger charge is -2.21. The maximum atomic E-state index is 5.15. The smallest absolute Gasteiger partial charge is 0.122 e. The van der Waals surface area contributed by atoms with Crippen LogP contribution >= 0.6 is 0 Å². The topological polar surface area (TPSA) is 22.1 Å². The van der Waals surface area contributed by atoms with E-state index >= 15 is 0 Å². The summed E-state index contributed by atoms with van der Waals surface area (Å²) >= 11 is 0. The van der Waals surface area contributed by atoms with Crippen LogP contribution in [0.4, 0.5) is 0 Å². The molecule has 0 saturated heterocycles. The molecule has 2 heteroatoms. The molecule has 0 bridgehead atoms. The quantitative estimate of drug-likeness (QED) is 0.711. The van der Waals surface area contributed by atoms with E-state index in [1.165, 1.54) is 0 Å². The van der Waals surface area contributed by atoms with E-state index in [1.807, 2.05) is 12.1 Å². The van der Waals surface area contributed by atoms with E-state index < -0.39 is 0 Å². The lowest BCUT2D eigenvalue weighted by Crippen LogP contribution is -2.17. The minimum atomic E-state index is 0.133. The van der Waals surface area contributed by atoms with Crippen LogP contribution in [-0.4, -0.2) is 12.1 Å². The molecule has 0 aliphatic carbocycles. The number of methoxy groups -OCH3 is 1. The van der Waals surface area contributed by atoms with Gasteiger partial charge < -0.3 is 4.74 Å². The Balaban J connectivity index is 3.01. The van der Waals surface area contributed by atoms with Gasteiger partial charge in [-0.15, -0.1) is 0 Å². The van der Waals surface area contributed by atoms with Crippen molar-refractivity contribution < 1.29 is 4.74 Å². The third-order valence-electron chi connectivity index (χ3n) is 2.54. The Morgan fingerprint density at radius 1 is 1.46 bits per heavy atom. The molecule has 2 nitrogen and oxygen atoms in total. The Labute approximate surface area is 80.0 Å². The van der Waals surface area contributed by atoms with E-state index in [-0.39, 0.29) is 5.41 Å². The molecule has 0 unspecified atom stereocenters. The molecule has 0 spiro atoms. The molecule has 0 fully saturated rings. The summed E-state index contributed by atoms with van der Waals surface area (Å²) in [5.41, 5.74) is 1.23. The van der Waals surface area contributed by atoms with Crippen LogP contribution in [0.5, 0.6) is 5.75 Å². The van der Waals surface area contributed by atoms with Gasteiger partial charge in [-0.3, -0.25) is 4.98 Å². The van der Waals surface area contributed by atoms with Gasteiger partial charge in [-0.25, -0.2) is 0 Å². The third-order valence-corrected chi connectivity index (χ3v) is 2.54. The van der Waals surface area contributed by atoms with Gasteiger partial charge in [-0.1, -0.05) is 20.8 Å². The van der Waals surface area contributed by atoms with Crippen LogP contribution in [0.2, 0.25) is 0 Å². The summed E-state index contributed by atoms with van der Waals surface area (Å²) in [5, 5.41) is 0. The van der Waals surface area contributed by atoms with Crippen molar-refractivity contribution in [2.75, 3.05) is 7.11 Å². The number of nitrogens with zero attached hydrogens (tertiary/aromatic N) is 1. The molecule has 0 atom stereocenters. The SMILES string of the molecule is CCC(C)(C)c1cc(OC)ccn1. The molecule has 72 valence electrons. The maximum Gasteiger partial charge on any atom is 0.122 e. The summed E-state index contributed by atoms with van der Waals surface area (Å²) in [6, 6.07) is 3.87. The van der Waals surface area contributed by atoms with E-state index in [2.05, 4.69) is 25.8 Å². The molecule has 0 aliphatic rings. The number of rotatable bonds is 3. The van der Waals surface area contributed by atoms with Crippen LogP contribution in [0.1, 0.15) is 32.9 Å². The molecule has 1 aromatic heterocycles. The minimum Gasteiger partial charge on any atom is -0.497 e. The van der Waals surface area contributed by atoms with Crippen molar-refractivity contribution >= 4 is 0 Å². The second-order valence-corrected chi connectivity index (χ2v) is 3.82. The molecule has 0 radical (unpaired) electrons. The van der Waals surface area contributed by atoms with E-state index in [0.717, 1.165) is 17.9 Å². The fourth-order valence-corrected chi connectivity index (χ4v) is 1.09. The first-order chi connectivity index (χ1) is 6.10. The number of pyridine rings is 1. The number of ether oxygens (including phenoxy) is 1. The zero-order valence-corrected chi connectivity index (χ0v) is 8.79. The Bertz CT molecular complexity index is 281. The molecule has 1 heterocycles. The maximum absolute atomic E-state index is 5.15. The van der Waals surface area contributed by atoms with Gasteiger partial charge >= 0.3 is 0 Å². The summed E-state index contributed by atoms with van der Waals surface area (Å²) in [4.78, 5) is 4.35. The van der Waals surface area contributed by atoms with Crippen molar-refractivity contribution in [3.63, 3.8) is 0 Å². The van der Waals surface area contributed by atoms with Crippen LogP contribution in [0, 0.1) is 0 Å². The van der Waals surface area contributed by atoms with Crippen molar-refractivity contribution in [1.29, 1.82) is 0 Å². The lowest BCUT2D eigenvalue weighted by atomic mass is 9.86. The molecule has 0 saturated carbocycles. The van der Waals surface area contributed by atoms with Crippen molar-refractivity contribution in [2.24, 2.45) is 0 Å². The Hall–Kier alpha value is -1.05. The van der Waals surface area contributed by atoms with Gasteiger partial charge in [0.15, 0.2) is 0 Å². The fourth-order valence-electron chi connectivity index (χ4n) is 1.09. The van der Waals surface area contributed by atoms with Gasteiger partial charge in [0.2, 0.25) is 0 Å². The second kappa shape index (κ2) is 3.77. The van der Waals surface area contributed by atoms with Crippen LogP contribution in [0.25, 0.3) is 0 Å². The summed E-state index contributed by atoms with van der Waals surface area (Å²) in [6.07, 6.45) is 2.87. The molecule has 1 aromatic rings. The largest absolute Gasteiger partial charge is 0.497 e. The van der Waals surface area contributed by atoms with E-state index in [4.69, 9.17) is 4.74 Å². The average molecular weight is 179 g/mol. The Morgan fingerprint density at radius 2 is 2.15 bits per heavy atom. The van der Waals surface area contributed by atoms with Crippen LogP contribution in [-0.2, 0) is 5.41 Å². The zero-order chi connectivity index (χ0) is 9.90. The summed E-state index contributed by atoms with van der Waals surface area (Å²) in [6.45, 7) is 6.55. The normalized spacial score (nSPS) is 11.4. The highest BCUT2D eigenvalue weighted by molar-refractivity contribution is 5.26. The van der Waals surface area contributed by atoms with E-state index in [1.54, 1.807) is 13.3 Å². The van der Waals surface area contributed by atoms with Crippen molar-refractivity contribution in [2.45, 2.75) is 32.6 Å². The number of hydrogen-bond donors (Lipinski definition) is 0. The highest BCUT2D eigenvalue weighted by atomic mass is 16.5. The van der Waals surface area contributed by atoms with Crippen molar-refractivity contribution in [3.8, 4) is 5.75 Å². The number of hydrogen-bond acceptors (Lipinski definition) is 2. The molecule has 0 amide bonds. The Kier molecular flexibility index (Phi) is 2.91. The summed E-state index contributed by atoms with van der Waals surface area (Å²) in [5.74, 6) is 0.881. The molecular weight excluding hydrogens is 162 g/mol. The van der Waals surface area contributed by atoms with Gasteiger partial charge in [-0.05, 0) is 12.5 Å². The van der Waals surface area contributed by atoms with Gasteiger partial charge in [0.05, 0.1) is 7.11 Å². The van der Waals surface area contributed by atoms with Gasteiger partial charge in [0, 0.05) is 23.4 Å². The molecule has 0 aromatic carbocycles. The average Bonchev–Trinajstić information content (AvgIpc) is 2.18. The van der Waals surface area contributed by atoms with Gasteiger partial charge in [0.1, 0.15) is 5.75 Å². The molecule has 1 rings (SSSR count). The second-order valence-electron chi connectivity index (χ2n) is 3.82. The number of aromatic nitrogens is 1.